The van der Waals surface area contributed by atoms with E-state index in [2.05, 4.69) is 33.6 Å². The Balaban J connectivity index is -0.0000000793. The molecule has 0 saturated heterocycles. The number of hydrogen-bond donors (Lipinski definition) is 3. The predicted octanol–water partition coefficient (Wildman–Crippen LogP) is 1.49. The molecule has 0 bridgehead atoms. The molecular formula is C12H20O6Sn. The molecule has 0 saturated carbocycles. The first-order valence-electron chi connectivity index (χ1n) is 4.86. The van der Waals surface area contributed by atoms with Crippen molar-refractivity contribution < 1.29 is 29.7 Å². The molecule has 0 aromatic heterocycles. The van der Waals surface area contributed by atoms with Crippen molar-refractivity contribution in [1.29, 1.82) is 0 Å². The van der Waals surface area contributed by atoms with E-state index in [1.807, 2.05) is 0 Å². The van der Waals surface area contributed by atoms with E-state index < -0.39 is 17.9 Å². The molecule has 0 aliphatic carbocycles. The van der Waals surface area contributed by atoms with Gasteiger partial charge in [-0.15, -0.1) is 0 Å². The number of carboxylic acids is 3. The SMILES string of the molecule is C=CC(=O)O.C=CC(=O)O.C=CC(=O)O.C[CH](C)[SnH]. The summed E-state index contributed by atoms with van der Waals surface area (Å²) in [5, 5.41) is 22.8. The van der Waals surface area contributed by atoms with Crippen molar-refractivity contribution >= 4 is 40.4 Å². The zero-order valence-corrected chi connectivity index (χ0v) is 14.4. The molecule has 0 aromatic rings. The van der Waals surface area contributed by atoms with Gasteiger partial charge >= 0.3 is 58.2 Å². The topological polar surface area (TPSA) is 112 Å². The number of aliphatic carboxylic acids is 3. The van der Waals surface area contributed by atoms with Crippen LogP contribution in [0.15, 0.2) is 38.0 Å². The predicted molar refractivity (Wildman–Crippen MR) is 75.7 cm³/mol. The van der Waals surface area contributed by atoms with Crippen molar-refractivity contribution in [2.75, 3.05) is 0 Å². The maximum atomic E-state index is 9.25. The number of carboxylic acid groups (broad SMARTS) is 3. The molecule has 7 heteroatoms. The van der Waals surface area contributed by atoms with E-state index in [1.54, 1.807) is 0 Å². The normalized spacial score (nSPS) is 6.95. The minimum absolute atomic E-state index is 0.833. The van der Waals surface area contributed by atoms with Crippen LogP contribution in [0.2, 0.25) is 3.93 Å². The van der Waals surface area contributed by atoms with Gasteiger partial charge in [-0.05, 0) is 0 Å². The van der Waals surface area contributed by atoms with Crippen LogP contribution in [0.1, 0.15) is 13.8 Å². The molecule has 108 valence electrons. The fourth-order valence-corrected chi connectivity index (χ4v) is 0. The third kappa shape index (κ3) is 174. The van der Waals surface area contributed by atoms with Crippen molar-refractivity contribution in [1.82, 2.24) is 0 Å². The van der Waals surface area contributed by atoms with E-state index >= 15 is 0 Å². The Bertz CT molecular complexity index is 251. The first-order chi connectivity index (χ1) is 8.54. The fraction of sp³-hybridized carbons (Fsp3) is 0.250. The van der Waals surface area contributed by atoms with Gasteiger partial charge in [0.25, 0.3) is 0 Å². The molecule has 19 heavy (non-hydrogen) atoms. The molecule has 3 N–H and O–H groups in total. The molecular weight excluding hydrogens is 359 g/mol. The van der Waals surface area contributed by atoms with E-state index in [4.69, 9.17) is 15.3 Å². The van der Waals surface area contributed by atoms with Crippen molar-refractivity contribution in [2.45, 2.75) is 17.8 Å². The van der Waals surface area contributed by atoms with Crippen LogP contribution in [0.3, 0.4) is 0 Å². The summed E-state index contributed by atoms with van der Waals surface area (Å²) in [7, 11) is 0. The third-order valence-corrected chi connectivity index (χ3v) is 0.524. The standard InChI is InChI=1S/3C3H4O2.C3H7.Sn.H/c3*1-2-3(4)5;1-3-2;;/h3*2H,1H2,(H,4,5);3H,1-2H3;;. The summed E-state index contributed by atoms with van der Waals surface area (Å²) < 4.78 is 0.963. The molecule has 0 aromatic carbocycles. The Morgan fingerprint density at radius 1 is 0.842 bits per heavy atom. The van der Waals surface area contributed by atoms with Gasteiger partial charge in [-0.2, -0.15) is 0 Å². The molecule has 0 spiro atoms. The molecule has 0 fully saturated rings. The Morgan fingerprint density at radius 2 is 0.895 bits per heavy atom. The summed E-state index contributed by atoms with van der Waals surface area (Å²) in [6.45, 7) is 13.3. The molecule has 0 heterocycles. The summed E-state index contributed by atoms with van der Waals surface area (Å²) in [6.07, 6.45) is 2.50. The van der Waals surface area contributed by atoms with Gasteiger partial charge in [-0.1, -0.05) is 19.7 Å². The van der Waals surface area contributed by atoms with Crippen LogP contribution in [0.25, 0.3) is 0 Å². The van der Waals surface area contributed by atoms with E-state index in [0.29, 0.717) is 0 Å². The quantitative estimate of drug-likeness (QED) is 0.506. The molecule has 2 radical (unpaired) electrons. The van der Waals surface area contributed by atoms with E-state index in [9.17, 15) is 14.4 Å². The molecule has 6 nitrogen and oxygen atoms in total. The monoisotopic (exact) mass is 380 g/mol. The van der Waals surface area contributed by atoms with Gasteiger partial charge < -0.3 is 15.3 Å². The van der Waals surface area contributed by atoms with Crippen LogP contribution in [0, 0.1) is 0 Å². The molecule has 0 atom stereocenters. The van der Waals surface area contributed by atoms with Gasteiger partial charge in [0.1, 0.15) is 0 Å². The van der Waals surface area contributed by atoms with Crippen LogP contribution in [-0.4, -0.2) is 55.8 Å². The maximum absolute atomic E-state index is 9.25. The molecule has 0 aliphatic heterocycles. The summed E-state index contributed by atoms with van der Waals surface area (Å²) >= 11 is 1.40. The van der Waals surface area contributed by atoms with Crippen LogP contribution >= 0.6 is 0 Å². The molecule has 0 amide bonds. The second kappa shape index (κ2) is 21.7. The van der Waals surface area contributed by atoms with Crippen molar-refractivity contribution in [2.24, 2.45) is 0 Å². The van der Waals surface area contributed by atoms with Gasteiger partial charge in [-0.25, -0.2) is 14.4 Å². The first kappa shape index (κ1) is 26.1. The summed E-state index contributed by atoms with van der Waals surface area (Å²) in [5.41, 5.74) is 0. The molecule has 0 aliphatic rings. The first-order valence-corrected chi connectivity index (χ1v) is 6.76. The van der Waals surface area contributed by atoms with Crippen molar-refractivity contribution in [3.63, 3.8) is 0 Å². The van der Waals surface area contributed by atoms with Crippen molar-refractivity contribution in [3.05, 3.63) is 38.0 Å². The van der Waals surface area contributed by atoms with Gasteiger partial charge in [0.15, 0.2) is 0 Å². The molecule has 0 unspecified atom stereocenters. The minimum atomic E-state index is -0.981. The van der Waals surface area contributed by atoms with E-state index in [-0.39, 0.29) is 0 Å². The fourth-order valence-electron chi connectivity index (χ4n) is 0. The Morgan fingerprint density at radius 3 is 0.895 bits per heavy atom. The van der Waals surface area contributed by atoms with Crippen LogP contribution in [0.5, 0.6) is 0 Å². The summed E-state index contributed by atoms with van der Waals surface area (Å²) in [5.74, 6) is -2.94. The van der Waals surface area contributed by atoms with Crippen LogP contribution in [0.4, 0.5) is 0 Å². The van der Waals surface area contributed by atoms with E-state index in [1.165, 1.54) is 22.5 Å². The Labute approximate surface area is 126 Å². The average molecular weight is 379 g/mol. The number of hydrogen-bond acceptors (Lipinski definition) is 3. The zero-order chi connectivity index (χ0) is 16.4. The second-order valence-electron chi connectivity index (χ2n) is 2.87. The zero-order valence-electron chi connectivity index (χ0n) is 11.1. The van der Waals surface area contributed by atoms with Crippen LogP contribution in [-0.2, 0) is 14.4 Å². The number of rotatable bonds is 3. The van der Waals surface area contributed by atoms with Gasteiger partial charge in [0.05, 0.1) is 0 Å². The second-order valence-corrected chi connectivity index (χ2v) is 6.68. The van der Waals surface area contributed by atoms with Crippen molar-refractivity contribution in [3.8, 4) is 0 Å². The number of carbonyl (C=O) groups is 3. The van der Waals surface area contributed by atoms with Gasteiger partial charge in [0.2, 0.25) is 0 Å². The summed E-state index contributed by atoms with van der Waals surface area (Å²) in [6, 6.07) is 0. The van der Waals surface area contributed by atoms with Gasteiger partial charge in [-0.3, -0.25) is 0 Å². The van der Waals surface area contributed by atoms with Crippen LogP contribution < -0.4 is 0 Å². The molecule has 0 rings (SSSR count). The Kier molecular flexibility index (Phi) is 29.8. The van der Waals surface area contributed by atoms with E-state index in [0.717, 1.165) is 22.2 Å². The third-order valence-electron chi connectivity index (χ3n) is 0.524. The average Bonchev–Trinajstić information content (AvgIpc) is 2.29. The Hall–Kier alpha value is -1.57. The van der Waals surface area contributed by atoms with Gasteiger partial charge in [0, 0.05) is 18.2 Å². The summed E-state index contributed by atoms with van der Waals surface area (Å²) in [4.78, 5) is 27.8.